The van der Waals surface area contributed by atoms with Gasteiger partial charge in [0.1, 0.15) is 0 Å². The molecular weight excluding hydrogens is 368 g/mol. The number of carbonyl (C=O) groups excluding carboxylic acids is 1. The van der Waals surface area contributed by atoms with Crippen LogP contribution in [0.2, 0.25) is 0 Å². The van der Waals surface area contributed by atoms with E-state index in [4.69, 9.17) is 0 Å². The summed E-state index contributed by atoms with van der Waals surface area (Å²) < 4.78 is 0. The van der Waals surface area contributed by atoms with Crippen LogP contribution in [0.4, 0.5) is 4.79 Å². The van der Waals surface area contributed by atoms with Crippen molar-refractivity contribution in [3.05, 3.63) is 58.3 Å². The normalized spacial score (nSPS) is 22.3. The topological polar surface area (TPSA) is 38.8 Å². The van der Waals surface area contributed by atoms with E-state index >= 15 is 0 Å². The summed E-state index contributed by atoms with van der Waals surface area (Å²) in [6.07, 6.45) is 2.13. The Morgan fingerprint density at radius 1 is 1.11 bits per heavy atom. The minimum absolute atomic E-state index is 0.0155. The molecule has 1 aromatic carbocycles. The van der Waals surface area contributed by atoms with E-state index in [9.17, 15) is 4.79 Å². The summed E-state index contributed by atoms with van der Waals surface area (Å²) in [5.41, 5.74) is 1.18. The van der Waals surface area contributed by atoms with Crippen molar-refractivity contribution in [1.82, 2.24) is 20.0 Å². The van der Waals surface area contributed by atoms with Crippen molar-refractivity contribution in [2.75, 3.05) is 46.3 Å². The molecule has 6 heteroatoms. The van der Waals surface area contributed by atoms with Crippen LogP contribution in [0.15, 0.2) is 47.8 Å². The zero-order valence-electron chi connectivity index (χ0n) is 16.6. The number of nitrogens with zero attached hydrogens (tertiary/aromatic N) is 3. The van der Waals surface area contributed by atoms with E-state index in [1.807, 2.05) is 11.0 Å². The molecule has 3 heterocycles. The standard InChI is InChI=1S/C22H30N4OS/c1-24-12-14-25(15-13-24)17-19(18-7-3-2-4-8-18)23-22(27)26-11-5-9-20(26)21-10-6-16-28-21/h2-4,6-8,10,16,19-20H,5,9,11-15,17H2,1H3,(H,23,27). The number of benzene rings is 1. The second kappa shape index (κ2) is 9.07. The molecule has 0 spiro atoms. The van der Waals surface area contributed by atoms with E-state index in [0.717, 1.165) is 52.1 Å². The number of carbonyl (C=O) groups is 1. The molecule has 4 rings (SSSR count). The number of thiophene rings is 1. The van der Waals surface area contributed by atoms with Gasteiger partial charge in [0.05, 0.1) is 12.1 Å². The maximum absolute atomic E-state index is 13.2. The lowest BCUT2D eigenvalue weighted by molar-refractivity contribution is 0.138. The van der Waals surface area contributed by atoms with Crippen LogP contribution in [0.3, 0.4) is 0 Å². The van der Waals surface area contributed by atoms with Gasteiger partial charge in [-0.1, -0.05) is 36.4 Å². The molecule has 0 saturated carbocycles. The summed E-state index contributed by atoms with van der Waals surface area (Å²) in [5, 5.41) is 5.46. The van der Waals surface area contributed by atoms with Gasteiger partial charge in [0.25, 0.3) is 0 Å². The van der Waals surface area contributed by atoms with Crippen molar-refractivity contribution in [2.24, 2.45) is 0 Å². The van der Waals surface area contributed by atoms with Crippen molar-refractivity contribution >= 4 is 17.4 Å². The molecule has 1 N–H and O–H groups in total. The largest absolute Gasteiger partial charge is 0.330 e. The molecule has 2 fully saturated rings. The zero-order chi connectivity index (χ0) is 19.3. The Kier molecular flexibility index (Phi) is 6.29. The highest BCUT2D eigenvalue weighted by Gasteiger charge is 2.32. The monoisotopic (exact) mass is 398 g/mol. The molecule has 2 saturated heterocycles. The van der Waals surface area contributed by atoms with Crippen molar-refractivity contribution in [3.8, 4) is 0 Å². The van der Waals surface area contributed by atoms with Gasteiger partial charge in [-0.3, -0.25) is 4.90 Å². The Hall–Kier alpha value is -1.89. The molecule has 2 aliphatic heterocycles. The maximum Gasteiger partial charge on any atom is 0.318 e. The Morgan fingerprint density at radius 2 is 1.89 bits per heavy atom. The number of urea groups is 1. The highest BCUT2D eigenvalue weighted by atomic mass is 32.1. The van der Waals surface area contributed by atoms with Crippen LogP contribution >= 0.6 is 11.3 Å². The van der Waals surface area contributed by atoms with E-state index in [1.165, 1.54) is 10.4 Å². The Balaban J connectivity index is 1.46. The third-order valence-electron chi connectivity index (χ3n) is 5.92. The summed E-state index contributed by atoms with van der Waals surface area (Å²) in [7, 11) is 2.17. The SMILES string of the molecule is CN1CCN(CC(NC(=O)N2CCCC2c2cccs2)c2ccccc2)CC1. The number of piperazine rings is 1. The predicted molar refractivity (Wildman–Crippen MR) is 115 cm³/mol. The minimum Gasteiger partial charge on any atom is -0.330 e. The molecule has 0 radical (unpaired) electrons. The number of rotatable bonds is 5. The summed E-state index contributed by atoms with van der Waals surface area (Å²) >= 11 is 1.75. The molecule has 1 aromatic heterocycles. The molecular formula is C22H30N4OS. The van der Waals surface area contributed by atoms with Crippen molar-refractivity contribution < 1.29 is 4.79 Å². The average Bonchev–Trinajstić information content (AvgIpc) is 3.41. The first-order valence-electron chi connectivity index (χ1n) is 10.3. The van der Waals surface area contributed by atoms with E-state index in [2.05, 4.69) is 63.9 Å². The Bertz CT molecular complexity index is 743. The van der Waals surface area contributed by atoms with Gasteiger partial charge < -0.3 is 15.1 Å². The van der Waals surface area contributed by atoms with Crippen molar-refractivity contribution in [2.45, 2.75) is 24.9 Å². The van der Waals surface area contributed by atoms with E-state index in [-0.39, 0.29) is 18.1 Å². The van der Waals surface area contributed by atoms with Crippen molar-refractivity contribution in [1.29, 1.82) is 0 Å². The first-order chi connectivity index (χ1) is 13.7. The summed E-state index contributed by atoms with van der Waals surface area (Å²) in [6.45, 7) is 5.98. The maximum atomic E-state index is 13.2. The van der Waals surface area contributed by atoms with Crippen LogP contribution in [-0.4, -0.2) is 67.0 Å². The van der Waals surface area contributed by atoms with Crippen LogP contribution in [0.1, 0.15) is 35.4 Å². The number of likely N-dealkylation sites (N-methyl/N-ethyl adjacent to an activating group) is 1. The lowest BCUT2D eigenvalue weighted by atomic mass is 10.1. The summed E-state index contributed by atoms with van der Waals surface area (Å²) in [6, 6.07) is 14.9. The lowest BCUT2D eigenvalue weighted by Gasteiger charge is -2.35. The molecule has 2 unspecified atom stereocenters. The fourth-order valence-electron chi connectivity index (χ4n) is 4.23. The van der Waals surface area contributed by atoms with Gasteiger partial charge in [0.15, 0.2) is 0 Å². The lowest BCUT2D eigenvalue weighted by Crippen LogP contribution is -2.49. The van der Waals surface area contributed by atoms with Gasteiger partial charge in [-0.25, -0.2) is 4.79 Å². The molecule has 2 aromatic rings. The second-order valence-electron chi connectivity index (χ2n) is 7.88. The minimum atomic E-state index is 0.0155. The fourth-order valence-corrected chi connectivity index (χ4v) is 5.10. The van der Waals surface area contributed by atoms with E-state index < -0.39 is 0 Å². The van der Waals surface area contributed by atoms with Crippen LogP contribution in [0, 0.1) is 0 Å². The first-order valence-corrected chi connectivity index (χ1v) is 11.1. The summed E-state index contributed by atoms with van der Waals surface area (Å²) in [4.78, 5) is 21.4. The molecule has 0 bridgehead atoms. The molecule has 2 amide bonds. The van der Waals surface area contributed by atoms with Crippen LogP contribution in [0.5, 0.6) is 0 Å². The number of hydrogen-bond acceptors (Lipinski definition) is 4. The Labute approximate surface area is 171 Å². The number of hydrogen-bond donors (Lipinski definition) is 1. The molecule has 28 heavy (non-hydrogen) atoms. The van der Waals surface area contributed by atoms with Gasteiger partial charge in [0, 0.05) is 44.1 Å². The zero-order valence-corrected chi connectivity index (χ0v) is 17.4. The molecule has 5 nitrogen and oxygen atoms in total. The molecule has 2 aliphatic rings. The quantitative estimate of drug-likeness (QED) is 0.837. The number of nitrogens with one attached hydrogen (secondary N) is 1. The average molecular weight is 399 g/mol. The van der Waals surface area contributed by atoms with Crippen LogP contribution in [-0.2, 0) is 0 Å². The van der Waals surface area contributed by atoms with E-state index in [1.54, 1.807) is 11.3 Å². The fraction of sp³-hybridized carbons (Fsp3) is 0.500. The third-order valence-corrected chi connectivity index (χ3v) is 6.90. The number of likely N-dealkylation sites (tertiary alicyclic amines) is 1. The van der Waals surface area contributed by atoms with Gasteiger partial charge in [-0.05, 0) is 36.9 Å². The van der Waals surface area contributed by atoms with Crippen LogP contribution in [0.25, 0.3) is 0 Å². The first kappa shape index (κ1) is 19.4. The summed E-state index contributed by atoms with van der Waals surface area (Å²) in [5.74, 6) is 0. The second-order valence-corrected chi connectivity index (χ2v) is 8.86. The molecule has 150 valence electrons. The van der Waals surface area contributed by atoms with Gasteiger partial charge in [-0.2, -0.15) is 0 Å². The number of amides is 2. The van der Waals surface area contributed by atoms with Gasteiger partial charge in [-0.15, -0.1) is 11.3 Å². The van der Waals surface area contributed by atoms with Crippen molar-refractivity contribution in [3.63, 3.8) is 0 Å². The smallest absolute Gasteiger partial charge is 0.318 e. The highest BCUT2D eigenvalue weighted by molar-refractivity contribution is 7.10. The van der Waals surface area contributed by atoms with E-state index in [0.29, 0.717) is 0 Å². The Morgan fingerprint density at radius 3 is 2.61 bits per heavy atom. The molecule has 0 aliphatic carbocycles. The van der Waals surface area contributed by atoms with Crippen LogP contribution < -0.4 is 5.32 Å². The third kappa shape index (κ3) is 4.57. The van der Waals surface area contributed by atoms with Gasteiger partial charge >= 0.3 is 6.03 Å². The molecule has 2 atom stereocenters. The highest BCUT2D eigenvalue weighted by Crippen LogP contribution is 2.34. The predicted octanol–water partition coefficient (Wildman–Crippen LogP) is 3.58. The van der Waals surface area contributed by atoms with Gasteiger partial charge in [0.2, 0.25) is 0 Å².